The van der Waals surface area contributed by atoms with Gasteiger partial charge in [0, 0.05) is 88.4 Å². The number of nitrogens with zero attached hydrogens (tertiary/aromatic N) is 4. The maximum atomic E-state index is 12.4. The Hall–Kier alpha value is -4.54. The van der Waals surface area contributed by atoms with Crippen LogP contribution in [0.15, 0.2) is 97.6 Å². The topological polar surface area (TPSA) is 72.4 Å². The standard InChI is InChI=1S/C38H44N6O2S2/c1-41(2)35-13-9-31(10-14-35)5-7-33-17-23-43(24-18-33)29-37(45)39-21-27-47-48-28-22-40-38(46)30-44-25-19-34(20-26-44)8-6-32-11-15-36(16-12-32)42(3)4/h5-20,23-26H,21-22,27-30H2,1-4H3/p+2. The third-order valence-electron chi connectivity index (χ3n) is 7.34. The van der Waals surface area contributed by atoms with Crippen molar-refractivity contribution in [2.75, 3.05) is 62.6 Å². The molecule has 10 heteroatoms. The average molecular weight is 683 g/mol. The quantitative estimate of drug-likeness (QED) is 0.0924. The minimum Gasteiger partial charge on any atom is -0.378 e. The minimum absolute atomic E-state index is 0.0152. The molecular weight excluding hydrogens is 637 g/mol. The number of carbonyl (C=O) groups is 2. The van der Waals surface area contributed by atoms with Crippen molar-refractivity contribution in [3.05, 3.63) is 120 Å². The Labute approximate surface area is 293 Å². The normalized spacial score (nSPS) is 11.2. The molecule has 0 bridgehead atoms. The number of hydrogen-bond donors (Lipinski definition) is 2. The molecule has 250 valence electrons. The van der Waals surface area contributed by atoms with Crippen LogP contribution in [0.5, 0.6) is 0 Å². The average Bonchev–Trinajstić information content (AvgIpc) is 3.09. The first-order valence-corrected chi connectivity index (χ1v) is 18.4. The highest BCUT2D eigenvalue weighted by Crippen LogP contribution is 2.19. The molecule has 4 rings (SSSR count). The van der Waals surface area contributed by atoms with Gasteiger partial charge in [0.1, 0.15) is 0 Å². The number of benzene rings is 2. The molecular formula is C38H46N6O2S2+2. The Morgan fingerprint density at radius 1 is 0.542 bits per heavy atom. The van der Waals surface area contributed by atoms with Crippen molar-refractivity contribution in [1.29, 1.82) is 0 Å². The van der Waals surface area contributed by atoms with Crippen LogP contribution in [0.4, 0.5) is 11.4 Å². The highest BCUT2D eigenvalue weighted by molar-refractivity contribution is 8.76. The zero-order chi connectivity index (χ0) is 34.1. The molecule has 0 aliphatic carbocycles. The van der Waals surface area contributed by atoms with E-state index in [0.29, 0.717) is 13.1 Å². The molecule has 8 nitrogen and oxygen atoms in total. The summed E-state index contributed by atoms with van der Waals surface area (Å²) in [6, 6.07) is 24.8. The second-order valence-electron chi connectivity index (χ2n) is 11.6. The minimum atomic E-state index is -0.0152. The predicted molar refractivity (Wildman–Crippen MR) is 204 cm³/mol. The maximum absolute atomic E-state index is 12.4. The fourth-order valence-corrected chi connectivity index (χ4v) is 6.36. The Morgan fingerprint density at radius 3 is 1.17 bits per heavy atom. The van der Waals surface area contributed by atoms with Crippen molar-refractivity contribution in [2.24, 2.45) is 0 Å². The summed E-state index contributed by atoms with van der Waals surface area (Å²) in [5, 5.41) is 5.95. The molecule has 0 saturated heterocycles. The van der Waals surface area contributed by atoms with Gasteiger partial charge in [-0.15, -0.1) is 0 Å². The molecule has 2 amide bonds. The van der Waals surface area contributed by atoms with E-state index in [0.717, 1.165) is 33.8 Å². The van der Waals surface area contributed by atoms with Crippen molar-refractivity contribution in [2.45, 2.75) is 13.1 Å². The summed E-state index contributed by atoms with van der Waals surface area (Å²) >= 11 is 0. The second kappa shape index (κ2) is 19.3. The third-order valence-corrected chi connectivity index (χ3v) is 9.75. The maximum Gasteiger partial charge on any atom is 0.286 e. The van der Waals surface area contributed by atoms with Crippen molar-refractivity contribution in [3.63, 3.8) is 0 Å². The van der Waals surface area contributed by atoms with Crippen LogP contribution in [0, 0.1) is 0 Å². The highest BCUT2D eigenvalue weighted by Gasteiger charge is 2.10. The first-order chi connectivity index (χ1) is 23.2. The van der Waals surface area contributed by atoms with Gasteiger partial charge < -0.3 is 20.4 Å². The fourth-order valence-electron chi connectivity index (χ4n) is 4.55. The van der Waals surface area contributed by atoms with Crippen LogP contribution < -0.4 is 29.6 Å². The molecule has 2 aromatic carbocycles. The number of rotatable bonds is 17. The summed E-state index contributed by atoms with van der Waals surface area (Å²) in [6.07, 6.45) is 16.0. The van der Waals surface area contributed by atoms with Crippen LogP contribution >= 0.6 is 21.6 Å². The lowest BCUT2D eigenvalue weighted by Gasteiger charge is -2.11. The van der Waals surface area contributed by atoms with E-state index in [-0.39, 0.29) is 24.9 Å². The second-order valence-corrected chi connectivity index (χ2v) is 14.3. The Bertz CT molecular complexity index is 1510. The number of amides is 2. The predicted octanol–water partition coefficient (Wildman–Crippen LogP) is 5.05. The molecule has 0 aliphatic rings. The number of pyridine rings is 2. The van der Waals surface area contributed by atoms with Gasteiger partial charge >= 0.3 is 0 Å². The van der Waals surface area contributed by atoms with Gasteiger partial charge in [-0.3, -0.25) is 9.59 Å². The fraction of sp³-hybridized carbons (Fsp3) is 0.263. The van der Waals surface area contributed by atoms with Gasteiger partial charge in [-0.25, -0.2) is 0 Å². The molecule has 4 aromatic rings. The molecule has 0 radical (unpaired) electrons. The van der Waals surface area contributed by atoms with Crippen LogP contribution in [0.3, 0.4) is 0 Å². The molecule has 0 unspecified atom stereocenters. The van der Waals surface area contributed by atoms with Crippen LogP contribution in [-0.4, -0.2) is 64.6 Å². The first-order valence-electron chi connectivity index (χ1n) is 15.9. The molecule has 0 fully saturated rings. The van der Waals surface area contributed by atoms with Crippen molar-refractivity contribution >= 4 is 69.1 Å². The summed E-state index contributed by atoms with van der Waals surface area (Å²) in [6.45, 7) is 1.76. The van der Waals surface area contributed by atoms with Crippen LogP contribution in [-0.2, 0) is 22.7 Å². The lowest BCUT2D eigenvalue weighted by molar-refractivity contribution is -0.684. The van der Waals surface area contributed by atoms with Gasteiger partial charge in [-0.05, 0) is 46.5 Å². The summed E-state index contributed by atoms with van der Waals surface area (Å²) in [5.41, 5.74) is 6.77. The smallest absolute Gasteiger partial charge is 0.286 e. The van der Waals surface area contributed by atoms with Gasteiger partial charge in [0.15, 0.2) is 24.8 Å². The van der Waals surface area contributed by atoms with E-state index >= 15 is 0 Å². The molecule has 2 N–H and O–H groups in total. The SMILES string of the molecule is CN(C)c1ccc(/C=C/c2cc[n+](CC(=O)NCCSSCCNC(=O)C[n+]3ccc(/C=C/c4ccc(N(C)C)cc4)cc3)cc2)cc1. The van der Waals surface area contributed by atoms with E-state index in [9.17, 15) is 9.59 Å². The number of anilines is 2. The van der Waals surface area contributed by atoms with E-state index in [1.54, 1.807) is 21.6 Å². The van der Waals surface area contributed by atoms with Gasteiger partial charge in [0.25, 0.3) is 11.8 Å². The lowest BCUT2D eigenvalue weighted by Crippen LogP contribution is -2.43. The van der Waals surface area contributed by atoms with Crippen molar-refractivity contribution < 1.29 is 18.7 Å². The monoisotopic (exact) mass is 682 g/mol. The van der Waals surface area contributed by atoms with Gasteiger partial charge in [-0.2, -0.15) is 9.13 Å². The number of aromatic nitrogens is 2. The number of nitrogens with one attached hydrogen (secondary N) is 2. The van der Waals surface area contributed by atoms with Crippen LogP contribution in [0.1, 0.15) is 22.3 Å². The molecule has 0 spiro atoms. The Kier molecular flexibility index (Phi) is 14.6. The zero-order valence-corrected chi connectivity index (χ0v) is 29.8. The van der Waals surface area contributed by atoms with E-state index in [4.69, 9.17) is 0 Å². The van der Waals surface area contributed by atoms with Gasteiger partial charge in [-0.1, -0.05) is 70.2 Å². The molecule has 0 saturated carbocycles. The molecule has 2 aromatic heterocycles. The van der Waals surface area contributed by atoms with Gasteiger partial charge in [0.2, 0.25) is 13.1 Å². The zero-order valence-electron chi connectivity index (χ0n) is 28.2. The van der Waals surface area contributed by atoms with Gasteiger partial charge in [0.05, 0.1) is 0 Å². The molecule has 48 heavy (non-hydrogen) atoms. The third kappa shape index (κ3) is 12.9. The van der Waals surface area contributed by atoms with Crippen LogP contribution in [0.2, 0.25) is 0 Å². The van der Waals surface area contributed by atoms with Crippen molar-refractivity contribution in [1.82, 2.24) is 10.6 Å². The summed E-state index contributed by atoms with van der Waals surface area (Å²) in [7, 11) is 11.5. The molecule has 0 aliphatic heterocycles. The largest absolute Gasteiger partial charge is 0.378 e. The van der Waals surface area contributed by atoms with E-state index < -0.39 is 0 Å². The molecule has 0 atom stereocenters. The summed E-state index contributed by atoms with van der Waals surface area (Å²) in [5.74, 6) is 1.57. The lowest BCUT2D eigenvalue weighted by atomic mass is 10.1. The number of carbonyl (C=O) groups excluding carboxylic acids is 2. The van der Waals surface area contributed by atoms with E-state index in [2.05, 4.69) is 93.3 Å². The summed E-state index contributed by atoms with van der Waals surface area (Å²) < 4.78 is 3.75. The first kappa shape index (κ1) is 36.3. The highest BCUT2D eigenvalue weighted by atomic mass is 33.1. The van der Waals surface area contributed by atoms with E-state index in [1.165, 1.54) is 11.4 Å². The number of hydrogen-bond acceptors (Lipinski definition) is 6. The Morgan fingerprint density at radius 2 is 0.854 bits per heavy atom. The Balaban J connectivity index is 1.03. The van der Waals surface area contributed by atoms with Crippen LogP contribution in [0.25, 0.3) is 24.3 Å². The van der Waals surface area contributed by atoms with E-state index in [1.807, 2.05) is 86.4 Å². The van der Waals surface area contributed by atoms with Crippen molar-refractivity contribution in [3.8, 4) is 0 Å². The summed E-state index contributed by atoms with van der Waals surface area (Å²) in [4.78, 5) is 28.9. The molecule has 2 heterocycles.